The Bertz CT molecular complexity index is 2820. The molecule has 8 rings (SSSR count). The second kappa shape index (κ2) is 22.1. The number of nitrogens with one attached hydrogen (secondary N) is 2. The van der Waals surface area contributed by atoms with Gasteiger partial charge in [0.05, 0.1) is 22.5 Å². The molecule has 4 atom stereocenters. The number of benzene rings is 4. The number of rotatable bonds is 7. The number of amides is 2. The first-order valence-electron chi connectivity index (χ1n) is 21.9. The highest BCUT2D eigenvalue weighted by molar-refractivity contribution is 5.95. The third-order valence-corrected chi connectivity index (χ3v) is 11.6. The van der Waals surface area contributed by atoms with Gasteiger partial charge in [0.25, 0.3) is 5.91 Å². The molecule has 4 heterocycles. The number of nitrogens with two attached hydrogens (primary N) is 1. The summed E-state index contributed by atoms with van der Waals surface area (Å²) in [5.74, 6) is -12.2. The zero-order chi connectivity index (χ0) is 51.2. The molecule has 13 nitrogen and oxygen atoms in total. The third kappa shape index (κ3) is 12.5. The monoisotopic (exact) mass is 982 g/mol. The summed E-state index contributed by atoms with van der Waals surface area (Å²) >= 11 is 0. The largest absolute Gasteiger partial charge is 0.478 e. The number of carboxylic acid groups (broad SMARTS) is 1. The molecule has 0 unspecified atom stereocenters. The Morgan fingerprint density at radius 3 is 1.61 bits per heavy atom. The van der Waals surface area contributed by atoms with E-state index in [-0.39, 0.29) is 29.2 Å². The van der Waals surface area contributed by atoms with Gasteiger partial charge in [-0.2, -0.15) is 10.2 Å². The van der Waals surface area contributed by atoms with E-state index in [9.17, 15) is 49.5 Å². The molecular formula is C49H50F8N8O5. The lowest BCUT2D eigenvalue weighted by molar-refractivity contribution is 0.0186. The summed E-state index contributed by atoms with van der Waals surface area (Å²) in [5.41, 5.74) is 8.12. The lowest BCUT2D eigenvalue weighted by atomic mass is 9.85. The summed E-state index contributed by atoms with van der Waals surface area (Å²) < 4.78 is 117. The van der Waals surface area contributed by atoms with Crippen molar-refractivity contribution < 1.29 is 59.4 Å². The van der Waals surface area contributed by atoms with Gasteiger partial charge in [0.2, 0.25) is 0 Å². The van der Waals surface area contributed by atoms with Crippen LogP contribution in [0, 0.1) is 46.5 Å². The number of carbonyl (C=O) groups is 3. The predicted octanol–water partition coefficient (Wildman–Crippen LogP) is 8.60. The Morgan fingerprint density at radius 1 is 0.700 bits per heavy atom. The van der Waals surface area contributed by atoms with Crippen LogP contribution in [0.2, 0.25) is 0 Å². The topological polar surface area (TPSA) is 170 Å². The number of carboxylic acids is 1. The fourth-order valence-electron chi connectivity index (χ4n) is 8.14. The summed E-state index contributed by atoms with van der Waals surface area (Å²) in [6, 6.07) is 14.5. The van der Waals surface area contributed by atoms with Gasteiger partial charge in [-0.15, -0.1) is 0 Å². The van der Waals surface area contributed by atoms with Gasteiger partial charge < -0.3 is 31.1 Å². The van der Waals surface area contributed by atoms with Gasteiger partial charge in [-0.1, -0.05) is 12.1 Å². The van der Waals surface area contributed by atoms with Gasteiger partial charge >= 0.3 is 12.1 Å². The molecule has 0 saturated carbocycles. The molecule has 2 aliphatic heterocycles. The fourth-order valence-corrected chi connectivity index (χ4v) is 8.14. The fraction of sp³-hybridized carbons (Fsp3) is 0.327. The number of hydrogen-bond acceptors (Lipinski definition) is 8. The van der Waals surface area contributed by atoms with Crippen LogP contribution >= 0.6 is 0 Å². The van der Waals surface area contributed by atoms with Crippen LogP contribution in [0.4, 0.5) is 39.9 Å². The summed E-state index contributed by atoms with van der Waals surface area (Å²) in [5, 5.41) is 22.5. The number of ether oxygens (including phenoxy) is 1. The van der Waals surface area contributed by atoms with Crippen molar-refractivity contribution in [3.05, 3.63) is 154 Å². The molecule has 2 fully saturated rings. The van der Waals surface area contributed by atoms with Crippen LogP contribution in [0.1, 0.15) is 77.3 Å². The molecule has 0 radical (unpaired) electrons. The number of halogens is 8. The molecule has 0 aliphatic carbocycles. The Morgan fingerprint density at radius 2 is 1.19 bits per heavy atom. The van der Waals surface area contributed by atoms with Crippen molar-refractivity contribution >= 4 is 18.0 Å². The summed E-state index contributed by atoms with van der Waals surface area (Å²) in [7, 11) is 3.46. The zero-order valence-corrected chi connectivity index (χ0v) is 38.6. The minimum Gasteiger partial charge on any atom is -0.478 e. The first kappa shape index (κ1) is 52.2. The molecule has 2 saturated heterocycles. The highest BCUT2D eigenvalue weighted by Crippen LogP contribution is 2.32. The first-order chi connectivity index (χ1) is 33.0. The van der Waals surface area contributed by atoms with Crippen molar-refractivity contribution in [3.63, 3.8) is 0 Å². The van der Waals surface area contributed by atoms with E-state index >= 15 is 0 Å². The Labute approximate surface area is 397 Å². The van der Waals surface area contributed by atoms with Gasteiger partial charge in [-0.3, -0.25) is 14.2 Å². The van der Waals surface area contributed by atoms with E-state index in [1.165, 1.54) is 29.2 Å². The van der Waals surface area contributed by atoms with Crippen LogP contribution in [-0.2, 0) is 18.8 Å². The molecule has 21 heteroatoms. The average Bonchev–Trinajstić information content (AvgIpc) is 3.94. The summed E-state index contributed by atoms with van der Waals surface area (Å²) in [4.78, 5) is 36.9. The summed E-state index contributed by atoms with van der Waals surface area (Å²) in [6.45, 7) is 6.75. The van der Waals surface area contributed by atoms with Crippen molar-refractivity contribution in [3.8, 4) is 22.5 Å². The second-order valence-corrected chi connectivity index (χ2v) is 17.6. The summed E-state index contributed by atoms with van der Waals surface area (Å²) in [6.07, 6.45) is 3.61. The van der Waals surface area contributed by atoms with Crippen molar-refractivity contribution in [2.24, 2.45) is 19.8 Å². The standard InChI is InChI=1S/C22H20F4N4O.C16H21F3N2O2.C11H9FN2O2/c1-30-20(5-7-28-30)12-2-3-15(16(23)8-12)22(31)29-19-11-27-6-4-14(19)13-9-17(24)21(26)18(25)10-13;1-16(2,3)23-15(22)21-5-4-10(13(20)8-21)9-6-11(17)14(19)12(18)7-9;1-14-10(4-5-13-14)7-2-3-8(11(15)16)9(12)6-7/h2-3,5,7-10,14,19,27H,4,6,11H2,1H3,(H,29,31);6-7,10,13H,4-5,8,20H2,1-3H3;2-6H,1H3,(H,15,16)/t14-,19+;10-,13+;/m00./s1. The van der Waals surface area contributed by atoms with E-state index in [4.69, 9.17) is 15.6 Å². The molecule has 0 bridgehead atoms. The molecule has 5 N–H and O–H groups in total. The number of aromatic nitrogens is 4. The maximum Gasteiger partial charge on any atom is 0.410 e. The van der Waals surface area contributed by atoms with Crippen molar-refractivity contribution in [2.45, 2.75) is 63.1 Å². The van der Waals surface area contributed by atoms with E-state index in [2.05, 4.69) is 20.8 Å². The number of piperidine rings is 2. The molecular weight excluding hydrogens is 933 g/mol. The highest BCUT2D eigenvalue weighted by Gasteiger charge is 2.34. The zero-order valence-electron chi connectivity index (χ0n) is 38.6. The number of hydrogen-bond donors (Lipinski definition) is 4. The highest BCUT2D eigenvalue weighted by atomic mass is 19.2. The van der Waals surface area contributed by atoms with Crippen LogP contribution in [0.15, 0.2) is 85.2 Å². The van der Waals surface area contributed by atoms with Crippen LogP contribution in [0.25, 0.3) is 22.5 Å². The minimum absolute atomic E-state index is 0.147. The first-order valence-corrected chi connectivity index (χ1v) is 21.9. The van der Waals surface area contributed by atoms with Gasteiger partial charge in [-0.25, -0.2) is 44.7 Å². The Hall–Kier alpha value is -7.13. The van der Waals surface area contributed by atoms with Gasteiger partial charge in [-0.05, 0) is 112 Å². The van der Waals surface area contributed by atoms with Crippen molar-refractivity contribution in [2.75, 3.05) is 26.2 Å². The molecule has 2 amide bonds. The second-order valence-electron chi connectivity index (χ2n) is 17.6. The number of aromatic carboxylic acids is 1. The number of likely N-dealkylation sites (tertiary alicyclic amines) is 1. The van der Waals surface area contributed by atoms with Crippen molar-refractivity contribution in [1.82, 2.24) is 35.1 Å². The van der Waals surface area contributed by atoms with Gasteiger partial charge in [0, 0.05) is 81.2 Å². The molecule has 6 aromatic rings. The molecule has 0 spiro atoms. The number of aryl methyl sites for hydroxylation is 2. The molecule has 70 heavy (non-hydrogen) atoms. The Kier molecular flexibility index (Phi) is 16.5. The average molecular weight is 983 g/mol. The van der Waals surface area contributed by atoms with Crippen LogP contribution < -0.4 is 16.4 Å². The van der Waals surface area contributed by atoms with Crippen molar-refractivity contribution in [1.29, 1.82) is 0 Å². The number of nitrogens with zero attached hydrogens (tertiary/aromatic N) is 5. The maximum absolute atomic E-state index is 14.7. The molecule has 372 valence electrons. The normalized spacial score (nSPS) is 17.9. The van der Waals surface area contributed by atoms with E-state index in [0.29, 0.717) is 54.9 Å². The minimum atomic E-state index is -1.53. The lowest BCUT2D eigenvalue weighted by Crippen LogP contribution is -2.50. The van der Waals surface area contributed by atoms with Crippen LogP contribution in [0.5, 0.6) is 0 Å². The molecule has 2 aromatic heterocycles. The Balaban J connectivity index is 0.000000182. The SMILES string of the molecule is CC(C)(C)OC(=O)N1CC[C@@H](c2cc(F)c(F)c(F)c2)[C@H](N)C1.Cn1nccc1-c1ccc(C(=O)N[C@@H]2CNCC[C@H]2c2cc(F)c(F)c(F)c2)c(F)c1.Cn1nccc1-c1ccc(C(=O)O)c(F)c1. The third-order valence-electron chi connectivity index (χ3n) is 11.6. The van der Waals surface area contributed by atoms with Gasteiger partial charge in [0.1, 0.15) is 17.2 Å². The lowest BCUT2D eigenvalue weighted by Gasteiger charge is -2.37. The molecule has 4 aromatic carbocycles. The van der Waals surface area contributed by atoms with Crippen LogP contribution in [0.3, 0.4) is 0 Å². The quantitative estimate of drug-likeness (QED) is 0.0904. The smallest absolute Gasteiger partial charge is 0.410 e. The van der Waals surface area contributed by atoms with Gasteiger partial charge in [0.15, 0.2) is 34.9 Å². The van der Waals surface area contributed by atoms with Crippen LogP contribution in [-0.4, -0.2) is 91.4 Å². The maximum atomic E-state index is 14.7. The van der Waals surface area contributed by atoms with E-state index in [1.807, 2.05) is 0 Å². The van der Waals surface area contributed by atoms with E-state index in [1.54, 1.807) is 80.9 Å². The molecule has 2 aliphatic rings. The van der Waals surface area contributed by atoms with E-state index < -0.39 is 88.1 Å². The number of carbonyl (C=O) groups excluding carboxylic acids is 2. The predicted molar refractivity (Wildman–Crippen MR) is 241 cm³/mol. The van der Waals surface area contributed by atoms with E-state index in [0.717, 1.165) is 30.0 Å².